The first-order valence-electron chi connectivity index (χ1n) is 11.8. The third-order valence-electron chi connectivity index (χ3n) is 7.07. The van der Waals surface area contributed by atoms with E-state index in [-0.39, 0.29) is 35.1 Å². The summed E-state index contributed by atoms with van der Waals surface area (Å²) in [5, 5.41) is 9.75. The highest BCUT2D eigenvalue weighted by molar-refractivity contribution is 5.91. The molecule has 0 spiro atoms. The fourth-order valence-electron chi connectivity index (χ4n) is 4.81. The van der Waals surface area contributed by atoms with E-state index in [0.717, 1.165) is 26.2 Å². The largest absolute Gasteiger partial charge is 0.493 e. The quantitative estimate of drug-likeness (QED) is 0.351. The first kappa shape index (κ1) is 28.2. The number of carboxylic acid groups (broad SMARTS) is 1. The number of alkyl halides is 3. The lowest BCUT2D eigenvalue weighted by Crippen LogP contribution is -2.46. The number of aromatic nitrogens is 2. The molecule has 0 aliphatic carbocycles. The topological polar surface area (TPSA) is 90.8 Å². The van der Waals surface area contributed by atoms with E-state index in [2.05, 4.69) is 9.97 Å². The van der Waals surface area contributed by atoms with Crippen LogP contribution in [0.25, 0.3) is 0 Å². The number of benzene rings is 2. The van der Waals surface area contributed by atoms with Crippen LogP contribution in [-0.2, 0) is 11.3 Å². The number of methoxy groups -OCH3 is 1. The normalized spacial score (nSPS) is 23.1. The molecule has 7 nitrogen and oxygen atoms in total. The minimum atomic E-state index is -4.87. The van der Waals surface area contributed by atoms with Crippen LogP contribution in [0.2, 0.25) is 0 Å². The van der Waals surface area contributed by atoms with E-state index in [1.54, 1.807) is 30.3 Å². The smallest absolute Gasteiger partial charge is 0.417 e. The first-order chi connectivity index (χ1) is 18.3. The van der Waals surface area contributed by atoms with Gasteiger partial charge in [0.25, 0.3) is 0 Å². The van der Waals surface area contributed by atoms with E-state index < -0.39 is 53.1 Å². The van der Waals surface area contributed by atoms with E-state index in [1.807, 2.05) is 0 Å². The van der Waals surface area contributed by atoms with Crippen LogP contribution < -0.4 is 9.47 Å². The molecule has 3 aromatic rings. The van der Waals surface area contributed by atoms with Gasteiger partial charge in [0.05, 0.1) is 12.8 Å². The monoisotopic (exact) mass is 552 g/mol. The minimum absolute atomic E-state index is 0.0802. The number of ether oxygens (including phenoxy) is 3. The fourth-order valence-corrected chi connectivity index (χ4v) is 4.81. The van der Waals surface area contributed by atoms with Crippen molar-refractivity contribution in [3.8, 4) is 11.6 Å². The molecule has 1 saturated heterocycles. The summed E-state index contributed by atoms with van der Waals surface area (Å²) >= 11 is 0. The number of rotatable bonds is 7. The summed E-state index contributed by atoms with van der Waals surface area (Å²) in [4.78, 5) is 20.3. The number of hydrogen-bond acceptors (Lipinski definition) is 6. The van der Waals surface area contributed by atoms with E-state index in [1.165, 1.54) is 13.8 Å². The molecular weight excluding hydrogens is 527 g/mol. The maximum absolute atomic E-state index is 14.7. The van der Waals surface area contributed by atoms with Crippen LogP contribution in [0, 0.1) is 24.5 Å². The summed E-state index contributed by atoms with van der Waals surface area (Å²) < 4.78 is 87.9. The van der Waals surface area contributed by atoms with Crippen molar-refractivity contribution < 1.29 is 46.1 Å². The molecule has 1 aliphatic heterocycles. The number of nitrogens with zero attached hydrogens (tertiary/aromatic N) is 2. The van der Waals surface area contributed by atoms with Gasteiger partial charge in [0.15, 0.2) is 23.0 Å². The molecule has 208 valence electrons. The van der Waals surface area contributed by atoms with Crippen molar-refractivity contribution in [1.82, 2.24) is 9.97 Å². The Morgan fingerprint density at radius 1 is 1.13 bits per heavy atom. The summed E-state index contributed by atoms with van der Waals surface area (Å²) in [6.45, 7) is 3.38. The number of carboxylic acids is 1. The average Bonchev–Trinajstić information content (AvgIpc) is 3.16. The van der Waals surface area contributed by atoms with Crippen LogP contribution >= 0.6 is 0 Å². The Kier molecular flexibility index (Phi) is 7.53. The third-order valence-corrected chi connectivity index (χ3v) is 7.07. The minimum Gasteiger partial charge on any atom is -0.493 e. The van der Waals surface area contributed by atoms with Crippen LogP contribution in [-0.4, -0.2) is 39.9 Å². The second-order valence-electron chi connectivity index (χ2n) is 9.37. The lowest BCUT2D eigenvalue weighted by atomic mass is 9.77. The lowest BCUT2D eigenvalue weighted by molar-refractivity contribution is -0.275. The van der Waals surface area contributed by atoms with Crippen LogP contribution in [0.3, 0.4) is 0 Å². The highest BCUT2D eigenvalue weighted by Crippen LogP contribution is 2.59. The summed E-state index contributed by atoms with van der Waals surface area (Å²) in [6, 6.07) is 10.7. The molecule has 0 saturated carbocycles. The van der Waals surface area contributed by atoms with E-state index >= 15 is 0 Å². The second-order valence-corrected chi connectivity index (χ2v) is 9.37. The lowest BCUT2D eigenvalue weighted by Gasteiger charge is -2.32. The summed E-state index contributed by atoms with van der Waals surface area (Å²) in [5.74, 6) is -7.89. The maximum atomic E-state index is 14.7. The van der Waals surface area contributed by atoms with Crippen molar-refractivity contribution in [3.05, 3.63) is 82.3 Å². The molecule has 1 aromatic heterocycles. The molecule has 39 heavy (non-hydrogen) atoms. The van der Waals surface area contributed by atoms with Gasteiger partial charge in [0.2, 0.25) is 11.7 Å². The molecule has 0 bridgehead atoms. The number of aryl methyl sites for hydroxylation is 1. The van der Waals surface area contributed by atoms with Crippen molar-refractivity contribution in [2.75, 3.05) is 7.11 Å². The molecule has 2 heterocycles. The van der Waals surface area contributed by atoms with Gasteiger partial charge in [-0.25, -0.2) is 14.2 Å². The average molecular weight is 552 g/mol. The van der Waals surface area contributed by atoms with Gasteiger partial charge in [-0.2, -0.15) is 22.5 Å². The third kappa shape index (κ3) is 5.00. The Labute approximate surface area is 220 Å². The van der Waals surface area contributed by atoms with Crippen molar-refractivity contribution in [1.29, 1.82) is 0 Å². The molecule has 4 atom stereocenters. The molecule has 1 N–H and O–H groups in total. The number of carbonyl (C=O) groups is 1. The van der Waals surface area contributed by atoms with Gasteiger partial charge < -0.3 is 19.3 Å². The van der Waals surface area contributed by atoms with Gasteiger partial charge in [0.1, 0.15) is 18.3 Å². The predicted molar refractivity (Wildman–Crippen MR) is 128 cm³/mol. The van der Waals surface area contributed by atoms with Gasteiger partial charge in [-0.1, -0.05) is 43.3 Å². The first-order valence-corrected chi connectivity index (χ1v) is 11.8. The summed E-state index contributed by atoms with van der Waals surface area (Å²) in [6.07, 6.45) is -6.42. The van der Waals surface area contributed by atoms with Crippen molar-refractivity contribution in [3.63, 3.8) is 0 Å². The van der Waals surface area contributed by atoms with Crippen LogP contribution in [0.4, 0.5) is 22.0 Å². The van der Waals surface area contributed by atoms with Gasteiger partial charge in [-0.05, 0) is 25.5 Å². The Balaban J connectivity index is 1.88. The summed E-state index contributed by atoms with van der Waals surface area (Å²) in [5.41, 5.74) is -2.60. The van der Waals surface area contributed by atoms with E-state index in [0.29, 0.717) is 5.56 Å². The number of halogens is 5. The van der Waals surface area contributed by atoms with Crippen molar-refractivity contribution >= 4 is 5.97 Å². The van der Waals surface area contributed by atoms with Crippen molar-refractivity contribution in [2.24, 2.45) is 5.92 Å². The SMILES string of the molecule is COc1c([C@H]2[C@H](c3nc(C)c(C(=O)O)c(OCc4ccccc4)n3)O[C@@](C)(C(F)(F)F)[C@H]2C)ccc(F)c1F. The Morgan fingerprint density at radius 2 is 1.79 bits per heavy atom. The van der Waals surface area contributed by atoms with Crippen LogP contribution in [0.15, 0.2) is 42.5 Å². The van der Waals surface area contributed by atoms with Crippen molar-refractivity contribution in [2.45, 2.75) is 51.2 Å². The van der Waals surface area contributed by atoms with E-state index in [4.69, 9.17) is 14.2 Å². The molecule has 0 amide bonds. The van der Waals surface area contributed by atoms with E-state index in [9.17, 15) is 31.9 Å². The van der Waals surface area contributed by atoms with Crippen LogP contribution in [0.1, 0.15) is 58.9 Å². The maximum Gasteiger partial charge on any atom is 0.417 e. The number of hydrogen-bond donors (Lipinski definition) is 1. The Hall–Kier alpha value is -3.80. The predicted octanol–water partition coefficient (Wildman–Crippen LogP) is 6.16. The van der Waals surface area contributed by atoms with Gasteiger partial charge >= 0.3 is 12.1 Å². The molecule has 1 fully saturated rings. The zero-order valence-corrected chi connectivity index (χ0v) is 21.3. The van der Waals surface area contributed by atoms with Crippen LogP contribution in [0.5, 0.6) is 11.6 Å². The molecule has 0 radical (unpaired) electrons. The number of aromatic carboxylic acids is 1. The molecular formula is C27H25F5N2O5. The Morgan fingerprint density at radius 3 is 2.38 bits per heavy atom. The highest BCUT2D eigenvalue weighted by Gasteiger charge is 2.65. The van der Waals surface area contributed by atoms with Gasteiger partial charge in [-0.15, -0.1) is 0 Å². The zero-order chi connectivity index (χ0) is 28.7. The standard InChI is InChI=1S/C27H25F5N2O5/c1-13-18(16-10-11-17(28)20(29)21(16)37-4)22(39-26(13,3)27(30,31)32)23-33-14(2)19(25(35)36)24(34-23)38-12-15-8-6-5-7-9-15/h5-11,13,18,22H,12H2,1-4H3,(H,35,36)/t13-,18-,22+,26+/m0/s1. The zero-order valence-electron chi connectivity index (χ0n) is 21.3. The summed E-state index contributed by atoms with van der Waals surface area (Å²) in [7, 11) is 1.07. The van der Waals surface area contributed by atoms with Gasteiger partial charge in [0, 0.05) is 17.4 Å². The molecule has 0 unspecified atom stereocenters. The highest BCUT2D eigenvalue weighted by atomic mass is 19.4. The van der Waals surface area contributed by atoms with Gasteiger partial charge in [-0.3, -0.25) is 0 Å². The molecule has 1 aliphatic rings. The molecule has 4 rings (SSSR count). The molecule has 12 heteroatoms. The molecule has 2 aromatic carbocycles. The fraction of sp³-hybridized carbons (Fsp3) is 0.370. The second kappa shape index (κ2) is 10.4. The Bertz CT molecular complexity index is 1390.